The van der Waals surface area contributed by atoms with Gasteiger partial charge in [-0.05, 0) is 36.4 Å². The fourth-order valence-corrected chi connectivity index (χ4v) is 2.14. The van der Waals surface area contributed by atoms with Crippen LogP contribution in [0.5, 0.6) is 5.75 Å². The molecule has 0 aliphatic rings. The molecule has 3 heteroatoms. The summed E-state index contributed by atoms with van der Waals surface area (Å²) in [5, 5.41) is 0. The molecule has 0 amide bonds. The van der Waals surface area contributed by atoms with E-state index in [1.165, 1.54) is 17.8 Å². The largest absolute Gasteiger partial charge is 0.497 e. The van der Waals surface area contributed by atoms with Crippen LogP contribution in [0, 0.1) is 5.82 Å². The molecule has 0 aliphatic carbocycles. The van der Waals surface area contributed by atoms with Gasteiger partial charge in [0.05, 0.1) is 7.11 Å². The number of ether oxygens (including phenoxy) is 1. The third-order valence-corrected chi connectivity index (χ3v) is 3.18. The van der Waals surface area contributed by atoms with E-state index in [1.807, 2.05) is 30.3 Å². The van der Waals surface area contributed by atoms with Crippen molar-refractivity contribution in [3.63, 3.8) is 0 Å². The van der Waals surface area contributed by atoms with Crippen LogP contribution in [0.4, 0.5) is 4.39 Å². The van der Waals surface area contributed by atoms with Gasteiger partial charge in [-0.25, -0.2) is 4.39 Å². The lowest BCUT2D eigenvalue weighted by Crippen LogP contribution is -1.82. The van der Waals surface area contributed by atoms with E-state index < -0.39 is 0 Å². The van der Waals surface area contributed by atoms with E-state index in [2.05, 4.69) is 0 Å². The van der Waals surface area contributed by atoms with Crippen LogP contribution in [-0.4, -0.2) is 7.11 Å². The average molecular weight is 234 g/mol. The Balaban J connectivity index is 2.18. The topological polar surface area (TPSA) is 9.23 Å². The molecule has 0 saturated heterocycles. The number of hydrogen-bond donors (Lipinski definition) is 0. The smallest absolute Gasteiger partial charge is 0.137 e. The van der Waals surface area contributed by atoms with Crippen molar-refractivity contribution in [2.45, 2.75) is 9.79 Å². The number of halogens is 1. The molecule has 0 radical (unpaired) electrons. The standard InChI is InChI=1S/C13H11FOS/c1-15-10-6-8-11(9-7-10)16-13-5-3-2-4-12(13)14/h2-9H,1H3. The number of rotatable bonds is 3. The van der Waals surface area contributed by atoms with E-state index in [0.29, 0.717) is 4.90 Å². The summed E-state index contributed by atoms with van der Waals surface area (Å²) < 4.78 is 18.4. The fraction of sp³-hybridized carbons (Fsp3) is 0.0769. The predicted molar refractivity (Wildman–Crippen MR) is 63.5 cm³/mol. The van der Waals surface area contributed by atoms with Crippen molar-refractivity contribution in [2.24, 2.45) is 0 Å². The lowest BCUT2D eigenvalue weighted by atomic mass is 10.3. The third kappa shape index (κ3) is 2.55. The van der Waals surface area contributed by atoms with Gasteiger partial charge in [-0.1, -0.05) is 23.9 Å². The Morgan fingerprint density at radius 2 is 1.69 bits per heavy atom. The van der Waals surface area contributed by atoms with E-state index in [0.717, 1.165) is 10.6 Å². The minimum Gasteiger partial charge on any atom is -0.497 e. The van der Waals surface area contributed by atoms with E-state index in [-0.39, 0.29) is 5.82 Å². The molecule has 2 rings (SSSR count). The van der Waals surface area contributed by atoms with Gasteiger partial charge in [-0.3, -0.25) is 0 Å². The molecule has 0 N–H and O–H groups in total. The van der Waals surface area contributed by atoms with Crippen molar-refractivity contribution in [3.8, 4) is 5.75 Å². The van der Waals surface area contributed by atoms with Crippen LogP contribution in [0.2, 0.25) is 0 Å². The molecule has 0 saturated carbocycles. The zero-order chi connectivity index (χ0) is 11.4. The summed E-state index contributed by atoms with van der Waals surface area (Å²) >= 11 is 1.40. The van der Waals surface area contributed by atoms with Gasteiger partial charge in [0.15, 0.2) is 0 Å². The number of benzene rings is 2. The van der Waals surface area contributed by atoms with Crippen LogP contribution in [-0.2, 0) is 0 Å². The highest BCUT2D eigenvalue weighted by molar-refractivity contribution is 7.99. The molecule has 0 heterocycles. The second-order valence-corrected chi connectivity index (χ2v) is 4.32. The molecule has 0 unspecified atom stereocenters. The van der Waals surface area contributed by atoms with Crippen molar-refractivity contribution in [1.29, 1.82) is 0 Å². The molecular formula is C13H11FOS. The first-order valence-corrected chi connectivity index (χ1v) is 5.67. The van der Waals surface area contributed by atoms with E-state index in [9.17, 15) is 4.39 Å². The second kappa shape index (κ2) is 5.03. The molecule has 0 aliphatic heterocycles. The zero-order valence-electron chi connectivity index (χ0n) is 8.81. The van der Waals surface area contributed by atoms with Crippen molar-refractivity contribution >= 4 is 11.8 Å². The molecule has 0 aromatic heterocycles. The van der Waals surface area contributed by atoms with Crippen LogP contribution in [0.15, 0.2) is 58.3 Å². The van der Waals surface area contributed by atoms with Gasteiger partial charge < -0.3 is 4.74 Å². The number of hydrogen-bond acceptors (Lipinski definition) is 2. The van der Waals surface area contributed by atoms with Crippen molar-refractivity contribution in [1.82, 2.24) is 0 Å². The summed E-state index contributed by atoms with van der Waals surface area (Å²) in [6.45, 7) is 0. The van der Waals surface area contributed by atoms with Gasteiger partial charge in [-0.2, -0.15) is 0 Å². The molecular weight excluding hydrogens is 223 g/mol. The first kappa shape index (κ1) is 11.0. The Hall–Kier alpha value is -1.48. The molecule has 1 nitrogen and oxygen atoms in total. The Bertz CT molecular complexity index is 468. The Morgan fingerprint density at radius 3 is 2.31 bits per heavy atom. The van der Waals surface area contributed by atoms with Crippen LogP contribution < -0.4 is 4.74 Å². The predicted octanol–water partition coefficient (Wildman–Crippen LogP) is 3.99. The van der Waals surface area contributed by atoms with Gasteiger partial charge in [0, 0.05) is 9.79 Å². The van der Waals surface area contributed by atoms with Gasteiger partial charge in [0.1, 0.15) is 11.6 Å². The minimum absolute atomic E-state index is 0.191. The Kier molecular flexibility index (Phi) is 3.47. The molecule has 82 valence electrons. The quantitative estimate of drug-likeness (QED) is 0.794. The molecule has 16 heavy (non-hydrogen) atoms. The van der Waals surface area contributed by atoms with Crippen molar-refractivity contribution in [3.05, 3.63) is 54.3 Å². The average Bonchev–Trinajstić information content (AvgIpc) is 2.33. The molecule has 2 aromatic rings. The van der Waals surface area contributed by atoms with Gasteiger partial charge in [0.2, 0.25) is 0 Å². The molecule has 2 aromatic carbocycles. The van der Waals surface area contributed by atoms with E-state index >= 15 is 0 Å². The van der Waals surface area contributed by atoms with Gasteiger partial charge in [0.25, 0.3) is 0 Å². The zero-order valence-corrected chi connectivity index (χ0v) is 9.63. The summed E-state index contributed by atoms with van der Waals surface area (Å²) in [5.74, 6) is 0.612. The van der Waals surface area contributed by atoms with E-state index in [4.69, 9.17) is 4.74 Å². The summed E-state index contributed by atoms with van der Waals surface area (Å²) in [6.07, 6.45) is 0. The van der Waals surface area contributed by atoms with Gasteiger partial charge in [-0.15, -0.1) is 0 Å². The molecule has 0 fully saturated rings. The molecule has 0 bridgehead atoms. The third-order valence-electron chi connectivity index (χ3n) is 2.12. The fourth-order valence-electron chi connectivity index (χ4n) is 1.30. The maximum Gasteiger partial charge on any atom is 0.137 e. The van der Waals surface area contributed by atoms with Crippen molar-refractivity contribution in [2.75, 3.05) is 7.11 Å². The van der Waals surface area contributed by atoms with Crippen LogP contribution in [0.25, 0.3) is 0 Å². The highest BCUT2D eigenvalue weighted by Gasteiger charge is 2.02. The Labute approximate surface area is 98.3 Å². The SMILES string of the molecule is COc1ccc(Sc2ccccc2F)cc1. The lowest BCUT2D eigenvalue weighted by molar-refractivity contribution is 0.414. The maximum absolute atomic E-state index is 13.4. The highest BCUT2D eigenvalue weighted by atomic mass is 32.2. The first-order chi connectivity index (χ1) is 7.79. The normalized spacial score (nSPS) is 10.1. The molecule has 0 atom stereocenters. The summed E-state index contributed by atoms with van der Waals surface area (Å²) in [6, 6.07) is 14.3. The summed E-state index contributed by atoms with van der Waals surface area (Å²) in [4.78, 5) is 1.62. The Morgan fingerprint density at radius 1 is 1.00 bits per heavy atom. The minimum atomic E-state index is -0.191. The second-order valence-electron chi connectivity index (χ2n) is 3.21. The van der Waals surface area contributed by atoms with Crippen LogP contribution in [0.3, 0.4) is 0 Å². The maximum atomic E-state index is 13.4. The summed E-state index contributed by atoms with van der Waals surface area (Å²) in [7, 11) is 1.62. The highest BCUT2D eigenvalue weighted by Crippen LogP contribution is 2.30. The van der Waals surface area contributed by atoms with Crippen LogP contribution in [0.1, 0.15) is 0 Å². The first-order valence-electron chi connectivity index (χ1n) is 4.86. The summed E-state index contributed by atoms with van der Waals surface area (Å²) in [5.41, 5.74) is 0. The molecule has 0 spiro atoms. The van der Waals surface area contributed by atoms with Crippen LogP contribution >= 0.6 is 11.8 Å². The monoisotopic (exact) mass is 234 g/mol. The van der Waals surface area contributed by atoms with Crippen molar-refractivity contribution < 1.29 is 9.13 Å². The lowest BCUT2D eigenvalue weighted by Gasteiger charge is -2.04. The van der Waals surface area contributed by atoms with E-state index in [1.54, 1.807) is 19.2 Å². The number of methoxy groups -OCH3 is 1. The van der Waals surface area contributed by atoms with Gasteiger partial charge >= 0.3 is 0 Å².